The fraction of sp³-hybridized carbons (Fsp3) is 0.545. The zero-order valence-electron chi connectivity index (χ0n) is 10.6. The number of halogens is 1. The van der Waals surface area contributed by atoms with Gasteiger partial charge in [0.15, 0.2) is 0 Å². The van der Waals surface area contributed by atoms with Crippen molar-refractivity contribution in [2.75, 3.05) is 13.6 Å². The highest BCUT2D eigenvalue weighted by atomic mass is 79.9. The first kappa shape index (κ1) is 15.0. The molecule has 0 aliphatic carbocycles. The first-order chi connectivity index (χ1) is 8.79. The number of hydrogen-bond donors (Lipinski definition) is 1. The van der Waals surface area contributed by atoms with Crippen LogP contribution >= 0.6 is 27.3 Å². The Morgan fingerprint density at radius 1 is 1.53 bits per heavy atom. The number of likely N-dealkylation sites (tertiary alicyclic amines) is 1. The van der Waals surface area contributed by atoms with Crippen LogP contribution in [0.25, 0.3) is 0 Å². The monoisotopic (exact) mass is 366 g/mol. The molecule has 0 spiro atoms. The number of hydrogen-bond acceptors (Lipinski definition) is 4. The number of thiophene rings is 1. The van der Waals surface area contributed by atoms with Crippen LogP contribution in [-0.2, 0) is 14.8 Å². The van der Waals surface area contributed by atoms with Crippen molar-refractivity contribution >= 4 is 43.2 Å². The summed E-state index contributed by atoms with van der Waals surface area (Å²) < 4.78 is 28.3. The lowest BCUT2D eigenvalue weighted by Gasteiger charge is -2.29. The quantitative estimate of drug-likeness (QED) is 0.885. The van der Waals surface area contributed by atoms with E-state index in [9.17, 15) is 13.2 Å². The summed E-state index contributed by atoms with van der Waals surface area (Å²) in [6.45, 7) is 2.27. The summed E-state index contributed by atoms with van der Waals surface area (Å²) in [6.07, 6.45) is 0.935. The van der Waals surface area contributed by atoms with Crippen LogP contribution in [-0.4, -0.2) is 38.9 Å². The first-order valence-electron chi connectivity index (χ1n) is 5.82. The Labute approximate surface area is 125 Å². The average Bonchev–Trinajstić information content (AvgIpc) is 2.65. The zero-order chi connectivity index (χ0) is 14.2. The Hall–Kier alpha value is -0.440. The summed E-state index contributed by atoms with van der Waals surface area (Å²) in [5.74, 6) is 0.0603. The molecule has 1 fully saturated rings. The maximum Gasteiger partial charge on any atom is 0.250 e. The van der Waals surface area contributed by atoms with Crippen molar-refractivity contribution in [3.8, 4) is 0 Å². The molecule has 19 heavy (non-hydrogen) atoms. The zero-order valence-corrected chi connectivity index (χ0v) is 13.9. The van der Waals surface area contributed by atoms with Gasteiger partial charge in [0, 0.05) is 26.1 Å². The van der Waals surface area contributed by atoms with E-state index in [4.69, 9.17) is 0 Å². The summed E-state index contributed by atoms with van der Waals surface area (Å²) in [5, 5.41) is 0. The van der Waals surface area contributed by atoms with Crippen LogP contribution in [0.1, 0.15) is 18.4 Å². The normalized spacial score (nSPS) is 20.9. The summed E-state index contributed by atoms with van der Waals surface area (Å²) in [4.78, 5) is 12.9. The molecule has 1 amide bonds. The van der Waals surface area contributed by atoms with Gasteiger partial charge in [0.25, 0.3) is 0 Å². The lowest BCUT2D eigenvalue weighted by Crippen LogP contribution is -2.48. The number of amides is 1. The molecule has 1 unspecified atom stereocenters. The van der Waals surface area contributed by atoms with Crippen molar-refractivity contribution in [1.82, 2.24) is 9.62 Å². The standard InChI is InChI=1S/C11H15BrN2O3S2/c1-7-5-10(18-11(7)12)19(16,17)13-8-3-4-9(15)14(2)6-8/h5,8,13H,3-4,6H2,1-2H3. The predicted molar refractivity (Wildman–Crippen MR) is 77.7 cm³/mol. The Kier molecular flexibility index (Phi) is 4.34. The fourth-order valence-electron chi connectivity index (χ4n) is 1.95. The van der Waals surface area contributed by atoms with Gasteiger partial charge in [0.1, 0.15) is 4.21 Å². The van der Waals surface area contributed by atoms with Gasteiger partial charge in [-0.15, -0.1) is 11.3 Å². The molecule has 1 aromatic heterocycles. The van der Waals surface area contributed by atoms with E-state index in [0.29, 0.717) is 23.6 Å². The topological polar surface area (TPSA) is 66.5 Å². The van der Waals surface area contributed by atoms with Crippen LogP contribution < -0.4 is 4.72 Å². The number of likely N-dealkylation sites (N-methyl/N-ethyl adjacent to an activating group) is 1. The molecular formula is C11H15BrN2O3S2. The number of aryl methyl sites for hydroxylation is 1. The van der Waals surface area contributed by atoms with Gasteiger partial charge < -0.3 is 4.90 Å². The van der Waals surface area contributed by atoms with Crippen molar-refractivity contribution in [3.05, 3.63) is 15.4 Å². The molecule has 0 aromatic carbocycles. The van der Waals surface area contributed by atoms with Crippen LogP contribution in [0, 0.1) is 6.92 Å². The molecule has 2 heterocycles. The highest BCUT2D eigenvalue weighted by Gasteiger charge is 2.28. The second kappa shape index (κ2) is 5.51. The van der Waals surface area contributed by atoms with E-state index in [0.717, 1.165) is 9.35 Å². The maximum atomic E-state index is 12.2. The number of nitrogens with one attached hydrogen (secondary N) is 1. The molecule has 2 rings (SSSR count). The van der Waals surface area contributed by atoms with Crippen LogP contribution in [0.15, 0.2) is 14.1 Å². The number of rotatable bonds is 3. The van der Waals surface area contributed by atoms with E-state index in [1.807, 2.05) is 6.92 Å². The average molecular weight is 367 g/mol. The van der Waals surface area contributed by atoms with E-state index >= 15 is 0 Å². The minimum Gasteiger partial charge on any atom is -0.344 e. The molecule has 1 N–H and O–H groups in total. The third-order valence-electron chi connectivity index (χ3n) is 3.05. The van der Waals surface area contributed by atoms with E-state index < -0.39 is 10.0 Å². The molecule has 0 radical (unpaired) electrons. The molecule has 5 nitrogen and oxygen atoms in total. The Morgan fingerprint density at radius 2 is 2.21 bits per heavy atom. The number of carbonyl (C=O) groups excluding carboxylic acids is 1. The van der Waals surface area contributed by atoms with Gasteiger partial charge in [-0.05, 0) is 40.9 Å². The number of carbonyl (C=O) groups is 1. The molecule has 1 saturated heterocycles. The Balaban J connectivity index is 2.11. The lowest BCUT2D eigenvalue weighted by molar-refractivity contribution is -0.132. The van der Waals surface area contributed by atoms with Gasteiger partial charge in [0.05, 0.1) is 3.79 Å². The van der Waals surface area contributed by atoms with Crippen LogP contribution in [0.4, 0.5) is 0 Å². The van der Waals surface area contributed by atoms with Crippen molar-refractivity contribution < 1.29 is 13.2 Å². The highest BCUT2D eigenvalue weighted by Crippen LogP contribution is 2.30. The molecule has 1 aliphatic rings. The van der Waals surface area contributed by atoms with Crippen molar-refractivity contribution in [2.24, 2.45) is 0 Å². The smallest absolute Gasteiger partial charge is 0.250 e. The van der Waals surface area contributed by atoms with Gasteiger partial charge in [0.2, 0.25) is 15.9 Å². The number of nitrogens with zero attached hydrogens (tertiary/aromatic N) is 1. The first-order valence-corrected chi connectivity index (χ1v) is 8.91. The second-order valence-electron chi connectivity index (χ2n) is 4.65. The van der Waals surface area contributed by atoms with E-state index in [2.05, 4.69) is 20.7 Å². The SMILES string of the molecule is Cc1cc(S(=O)(=O)NC2CCC(=O)N(C)C2)sc1Br. The van der Waals surface area contributed by atoms with Crippen LogP contribution in [0.3, 0.4) is 0 Å². The third kappa shape index (κ3) is 3.36. The number of piperidine rings is 1. The fourth-order valence-corrected chi connectivity index (χ4v) is 5.45. The Morgan fingerprint density at radius 3 is 2.74 bits per heavy atom. The van der Waals surface area contributed by atoms with Gasteiger partial charge in [-0.1, -0.05) is 0 Å². The lowest BCUT2D eigenvalue weighted by atomic mass is 10.1. The minimum atomic E-state index is -3.50. The highest BCUT2D eigenvalue weighted by molar-refractivity contribution is 9.11. The van der Waals surface area contributed by atoms with Gasteiger partial charge in [-0.3, -0.25) is 4.79 Å². The minimum absolute atomic E-state index is 0.0603. The van der Waals surface area contributed by atoms with Gasteiger partial charge in [-0.2, -0.15) is 0 Å². The summed E-state index contributed by atoms with van der Waals surface area (Å²) in [6, 6.07) is 1.43. The molecule has 106 valence electrons. The van der Waals surface area contributed by atoms with Crippen molar-refractivity contribution in [3.63, 3.8) is 0 Å². The van der Waals surface area contributed by atoms with Crippen molar-refractivity contribution in [1.29, 1.82) is 0 Å². The molecule has 1 aliphatic heterocycles. The third-order valence-corrected chi connectivity index (χ3v) is 7.18. The van der Waals surface area contributed by atoms with E-state index in [1.165, 1.54) is 11.3 Å². The Bertz CT molecular complexity index is 578. The molecular weight excluding hydrogens is 352 g/mol. The molecule has 1 aromatic rings. The molecule has 0 bridgehead atoms. The van der Waals surface area contributed by atoms with Crippen LogP contribution in [0.2, 0.25) is 0 Å². The largest absolute Gasteiger partial charge is 0.344 e. The van der Waals surface area contributed by atoms with E-state index in [1.54, 1.807) is 18.0 Å². The van der Waals surface area contributed by atoms with Crippen LogP contribution in [0.5, 0.6) is 0 Å². The molecule has 1 atom stereocenters. The van der Waals surface area contributed by atoms with Gasteiger partial charge in [-0.25, -0.2) is 13.1 Å². The predicted octanol–water partition coefficient (Wildman–Crippen LogP) is 1.72. The van der Waals surface area contributed by atoms with Gasteiger partial charge >= 0.3 is 0 Å². The summed E-state index contributed by atoms with van der Waals surface area (Å²) >= 11 is 4.52. The maximum absolute atomic E-state index is 12.2. The summed E-state index contributed by atoms with van der Waals surface area (Å²) in [5.41, 5.74) is 0.904. The number of sulfonamides is 1. The van der Waals surface area contributed by atoms with Crippen molar-refractivity contribution in [2.45, 2.75) is 30.0 Å². The molecule has 0 saturated carbocycles. The second-order valence-corrected chi connectivity index (χ2v) is 8.96. The van der Waals surface area contributed by atoms with E-state index in [-0.39, 0.29) is 11.9 Å². The molecule has 8 heteroatoms. The summed E-state index contributed by atoms with van der Waals surface area (Å²) in [7, 11) is -1.81.